The minimum atomic E-state index is -0.804. The van der Waals surface area contributed by atoms with E-state index in [0.717, 1.165) is 63.7 Å². The van der Waals surface area contributed by atoms with Crippen LogP contribution in [0.3, 0.4) is 0 Å². The van der Waals surface area contributed by atoms with Crippen molar-refractivity contribution in [3.8, 4) is 0 Å². The lowest BCUT2D eigenvalue weighted by Gasteiger charge is -2.46. The van der Waals surface area contributed by atoms with E-state index in [9.17, 15) is 18.7 Å². The maximum Gasteiger partial charge on any atom is 0.310 e. The monoisotopic (exact) mass is 422 g/mol. The highest BCUT2D eigenvalue weighted by Crippen LogP contribution is 2.44. The number of rotatable bonds is 9. The van der Waals surface area contributed by atoms with Crippen LogP contribution in [-0.4, -0.2) is 61.9 Å². The Bertz CT molecular complexity index is 776. The van der Waals surface area contributed by atoms with Gasteiger partial charge in [0.25, 0.3) is 0 Å². The molecule has 0 spiro atoms. The number of carboxylic acids is 1. The second-order valence-corrected chi connectivity index (χ2v) is 9.65. The number of aliphatic carboxylic acids is 1. The molecule has 1 aliphatic heterocycles. The first-order valence-electron chi connectivity index (χ1n) is 11.0. The number of likely N-dealkylation sites (tertiary alicyclic amines) is 1. The minimum Gasteiger partial charge on any atom is -0.481 e. The van der Waals surface area contributed by atoms with Crippen LogP contribution in [0.2, 0.25) is 0 Å². The summed E-state index contributed by atoms with van der Waals surface area (Å²) >= 11 is 0. The first-order valence-corrected chi connectivity index (χ1v) is 11.0. The molecular formula is C23H32F2N2O3. The molecule has 30 heavy (non-hydrogen) atoms. The normalized spacial score (nSPS) is 27.4. The average Bonchev–Trinajstić information content (AvgIpc) is 3.46. The molecule has 1 heterocycles. The second kappa shape index (κ2) is 8.52. The molecule has 0 aromatic heterocycles. The third-order valence-corrected chi connectivity index (χ3v) is 7.56. The van der Waals surface area contributed by atoms with Crippen LogP contribution in [0.1, 0.15) is 50.0 Å². The molecule has 3 fully saturated rings. The summed E-state index contributed by atoms with van der Waals surface area (Å²) in [5.41, 5.74) is 0.342. The summed E-state index contributed by atoms with van der Waals surface area (Å²) in [6.45, 7) is 3.92. The van der Waals surface area contributed by atoms with Gasteiger partial charge in [0.05, 0.1) is 12.0 Å². The summed E-state index contributed by atoms with van der Waals surface area (Å²) in [6.07, 6.45) is 5.45. The fourth-order valence-electron chi connectivity index (χ4n) is 5.21. The van der Waals surface area contributed by atoms with Crippen LogP contribution in [0.15, 0.2) is 18.2 Å². The van der Waals surface area contributed by atoms with E-state index >= 15 is 0 Å². The summed E-state index contributed by atoms with van der Waals surface area (Å²) in [5.74, 6) is -2.01. The van der Waals surface area contributed by atoms with Gasteiger partial charge in [-0.15, -0.1) is 0 Å². The Balaban J connectivity index is 1.29. The number of piperidine rings is 1. The van der Waals surface area contributed by atoms with E-state index in [2.05, 4.69) is 10.2 Å². The van der Waals surface area contributed by atoms with Crippen molar-refractivity contribution in [2.24, 2.45) is 10.8 Å². The molecule has 1 aromatic carbocycles. The van der Waals surface area contributed by atoms with Gasteiger partial charge in [-0.1, -0.05) is 12.5 Å². The molecule has 0 bridgehead atoms. The topological polar surface area (TPSA) is 61.8 Å². The number of nitrogens with one attached hydrogen (secondary N) is 1. The maximum atomic E-state index is 13.5. The molecule has 166 valence electrons. The largest absolute Gasteiger partial charge is 0.481 e. The van der Waals surface area contributed by atoms with Crippen LogP contribution in [0.4, 0.5) is 8.78 Å². The summed E-state index contributed by atoms with van der Waals surface area (Å²) in [6, 6.07) is 4.47. The van der Waals surface area contributed by atoms with Gasteiger partial charge in [0.2, 0.25) is 0 Å². The van der Waals surface area contributed by atoms with Gasteiger partial charge < -0.3 is 20.1 Å². The van der Waals surface area contributed by atoms with E-state index in [1.807, 2.05) is 0 Å². The molecule has 3 aliphatic rings. The number of ether oxygens (including phenoxy) is 1. The first kappa shape index (κ1) is 21.7. The minimum absolute atomic E-state index is 0.0302. The zero-order valence-electron chi connectivity index (χ0n) is 17.6. The van der Waals surface area contributed by atoms with Crippen molar-refractivity contribution in [2.45, 2.75) is 50.5 Å². The number of carbonyl (C=O) groups is 1. The van der Waals surface area contributed by atoms with Gasteiger partial charge in [-0.2, -0.15) is 0 Å². The molecule has 2 aliphatic carbocycles. The van der Waals surface area contributed by atoms with E-state index in [-0.39, 0.29) is 17.4 Å². The van der Waals surface area contributed by atoms with Gasteiger partial charge in [-0.3, -0.25) is 4.79 Å². The highest BCUT2D eigenvalue weighted by molar-refractivity contribution is 5.76. The summed E-state index contributed by atoms with van der Waals surface area (Å²) in [5, 5.41) is 13.2. The average molecular weight is 423 g/mol. The van der Waals surface area contributed by atoms with Gasteiger partial charge >= 0.3 is 5.97 Å². The molecule has 1 saturated heterocycles. The van der Waals surface area contributed by atoms with Crippen molar-refractivity contribution in [1.82, 2.24) is 10.2 Å². The number of benzene rings is 1. The number of halogens is 2. The molecule has 0 radical (unpaired) electrons. The standard InChI is InChI=1S/C23H32F2N2O3/c1-30-15-22(7-9-27(10-8-22)14-23(21(28)29)5-2-6-23)13-26-20-12-17(20)16-3-4-18(24)19(25)11-16/h3-4,11,17,20,26H,2,5-10,12-15H2,1H3,(H,28,29). The number of methoxy groups -OCH3 is 1. The van der Waals surface area contributed by atoms with Crippen molar-refractivity contribution >= 4 is 5.97 Å². The zero-order valence-corrected chi connectivity index (χ0v) is 17.6. The molecule has 5 nitrogen and oxygen atoms in total. The quantitative estimate of drug-likeness (QED) is 0.639. The molecule has 1 aromatic rings. The van der Waals surface area contributed by atoms with Crippen molar-refractivity contribution < 1.29 is 23.4 Å². The Morgan fingerprint density at radius 3 is 2.53 bits per heavy atom. The first-order chi connectivity index (χ1) is 14.4. The fraction of sp³-hybridized carbons (Fsp3) is 0.696. The van der Waals surface area contributed by atoms with E-state index in [1.165, 1.54) is 12.1 Å². The predicted molar refractivity (Wildman–Crippen MR) is 109 cm³/mol. The van der Waals surface area contributed by atoms with E-state index in [4.69, 9.17) is 4.74 Å². The summed E-state index contributed by atoms with van der Waals surface area (Å²) < 4.78 is 32.2. The maximum absolute atomic E-state index is 13.5. The Labute approximate surface area is 176 Å². The Kier molecular flexibility index (Phi) is 6.15. The van der Waals surface area contributed by atoms with Crippen molar-refractivity contribution in [2.75, 3.05) is 39.9 Å². The van der Waals surface area contributed by atoms with Crippen LogP contribution in [0.5, 0.6) is 0 Å². The molecule has 2 saturated carbocycles. The second-order valence-electron chi connectivity index (χ2n) is 9.65. The molecule has 2 atom stereocenters. The number of nitrogens with zero attached hydrogens (tertiary/aromatic N) is 1. The van der Waals surface area contributed by atoms with Crippen LogP contribution < -0.4 is 5.32 Å². The third kappa shape index (κ3) is 4.39. The Hall–Kier alpha value is -1.57. The van der Waals surface area contributed by atoms with Crippen LogP contribution in [-0.2, 0) is 9.53 Å². The zero-order chi connectivity index (χ0) is 21.4. The SMILES string of the molecule is COCC1(CNC2CC2c2ccc(F)c(F)c2)CCN(CC2(C(=O)O)CCC2)CC1. The third-order valence-electron chi connectivity index (χ3n) is 7.56. The molecular weight excluding hydrogens is 390 g/mol. The summed E-state index contributed by atoms with van der Waals surface area (Å²) in [4.78, 5) is 14.0. The van der Waals surface area contributed by atoms with Gasteiger partial charge in [-0.25, -0.2) is 8.78 Å². The van der Waals surface area contributed by atoms with E-state index in [0.29, 0.717) is 13.2 Å². The highest BCUT2D eigenvalue weighted by Gasteiger charge is 2.47. The Morgan fingerprint density at radius 2 is 1.97 bits per heavy atom. The van der Waals surface area contributed by atoms with E-state index in [1.54, 1.807) is 13.2 Å². The molecule has 2 N–H and O–H groups in total. The summed E-state index contributed by atoms with van der Waals surface area (Å²) in [7, 11) is 1.73. The Morgan fingerprint density at radius 1 is 1.23 bits per heavy atom. The number of hydrogen-bond donors (Lipinski definition) is 2. The van der Waals surface area contributed by atoms with Crippen LogP contribution in [0, 0.1) is 22.5 Å². The van der Waals surface area contributed by atoms with Crippen molar-refractivity contribution in [3.63, 3.8) is 0 Å². The molecule has 7 heteroatoms. The molecule has 0 amide bonds. The molecule has 4 rings (SSSR count). The van der Waals surface area contributed by atoms with Gasteiger partial charge in [-0.05, 0) is 62.9 Å². The van der Waals surface area contributed by atoms with Crippen molar-refractivity contribution in [1.29, 1.82) is 0 Å². The fourth-order valence-corrected chi connectivity index (χ4v) is 5.21. The van der Waals surface area contributed by atoms with Gasteiger partial charge in [0, 0.05) is 37.6 Å². The van der Waals surface area contributed by atoms with Gasteiger partial charge in [0.1, 0.15) is 0 Å². The van der Waals surface area contributed by atoms with Gasteiger partial charge in [0.15, 0.2) is 11.6 Å². The molecule has 2 unspecified atom stereocenters. The highest BCUT2D eigenvalue weighted by atomic mass is 19.2. The number of hydrogen-bond acceptors (Lipinski definition) is 4. The lowest BCUT2D eigenvalue weighted by atomic mass is 9.68. The smallest absolute Gasteiger partial charge is 0.310 e. The lowest BCUT2D eigenvalue weighted by Crippen LogP contribution is -2.53. The van der Waals surface area contributed by atoms with Crippen molar-refractivity contribution in [3.05, 3.63) is 35.4 Å². The lowest BCUT2D eigenvalue weighted by molar-refractivity contribution is -0.157. The number of carboxylic acid groups (broad SMARTS) is 1. The van der Waals surface area contributed by atoms with Crippen LogP contribution >= 0.6 is 0 Å². The van der Waals surface area contributed by atoms with Crippen LogP contribution in [0.25, 0.3) is 0 Å². The van der Waals surface area contributed by atoms with E-state index < -0.39 is 23.0 Å². The predicted octanol–water partition coefficient (Wildman–Crippen LogP) is 3.39.